The van der Waals surface area contributed by atoms with Crippen molar-refractivity contribution in [2.45, 2.75) is 27.7 Å². The number of methoxy groups -OCH3 is 2. The van der Waals surface area contributed by atoms with E-state index in [1.807, 2.05) is 6.07 Å². The number of benzene rings is 2. The zero-order valence-corrected chi connectivity index (χ0v) is 21.4. The van der Waals surface area contributed by atoms with Gasteiger partial charge in [0.15, 0.2) is 23.9 Å². The number of rotatable bonds is 8. The first kappa shape index (κ1) is 25.9. The third-order valence-corrected chi connectivity index (χ3v) is 6.40. The standard InChI is InChI=1S/C26H28N2O6S/c1-15-22(35-24(27-15)16-11-12-19(32-5)20(13-16)33-6)23(30)28-18-10-8-7-9-17(18)25(31)34-14-21(29)26(2,3)4/h7-13H,14H2,1-6H3,(H,28,30). The molecule has 9 heteroatoms. The van der Waals surface area contributed by atoms with Crippen LogP contribution >= 0.6 is 11.3 Å². The highest BCUT2D eigenvalue weighted by Gasteiger charge is 2.24. The van der Waals surface area contributed by atoms with Gasteiger partial charge in [0.2, 0.25) is 0 Å². The zero-order valence-electron chi connectivity index (χ0n) is 20.6. The molecule has 0 saturated carbocycles. The number of hydrogen-bond acceptors (Lipinski definition) is 8. The Hall–Kier alpha value is -3.72. The number of para-hydroxylation sites is 1. The Morgan fingerprint density at radius 1 is 1.00 bits per heavy atom. The predicted molar refractivity (Wildman–Crippen MR) is 135 cm³/mol. The Morgan fingerprint density at radius 3 is 2.34 bits per heavy atom. The van der Waals surface area contributed by atoms with Gasteiger partial charge in [-0.1, -0.05) is 32.9 Å². The second-order valence-corrected chi connectivity index (χ2v) is 9.75. The monoisotopic (exact) mass is 496 g/mol. The SMILES string of the molecule is COc1ccc(-c2nc(C)c(C(=O)Nc3ccccc3C(=O)OCC(=O)C(C)(C)C)s2)cc1OC. The summed E-state index contributed by atoms with van der Waals surface area (Å²) in [5, 5.41) is 3.41. The largest absolute Gasteiger partial charge is 0.493 e. The van der Waals surface area contributed by atoms with Gasteiger partial charge in [-0.05, 0) is 37.3 Å². The highest BCUT2D eigenvalue weighted by Crippen LogP contribution is 2.35. The molecule has 184 valence electrons. The molecule has 1 N–H and O–H groups in total. The molecular weight excluding hydrogens is 468 g/mol. The summed E-state index contributed by atoms with van der Waals surface area (Å²) in [6.07, 6.45) is 0. The minimum Gasteiger partial charge on any atom is -0.493 e. The van der Waals surface area contributed by atoms with E-state index >= 15 is 0 Å². The molecule has 0 spiro atoms. The van der Waals surface area contributed by atoms with E-state index < -0.39 is 17.3 Å². The molecule has 2 aromatic carbocycles. The second-order valence-electron chi connectivity index (χ2n) is 8.75. The number of hydrogen-bond donors (Lipinski definition) is 1. The maximum absolute atomic E-state index is 13.1. The maximum Gasteiger partial charge on any atom is 0.340 e. The highest BCUT2D eigenvalue weighted by molar-refractivity contribution is 7.17. The lowest BCUT2D eigenvalue weighted by Crippen LogP contribution is -2.26. The topological polar surface area (TPSA) is 104 Å². The fourth-order valence-corrected chi connectivity index (χ4v) is 4.03. The number of ether oxygens (including phenoxy) is 3. The van der Waals surface area contributed by atoms with Crippen molar-refractivity contribution in [2.75, 3.05) is 26.1 Å². The average Bonchev–Trinajstić information content (AvgIpc) is 3.23. The fraction of sp³-hybridized carbons (Fsp3) is 0.308. The lowest BCUT2D eigenvalue weighted by Gasteiger charge is -2.16. The molecule has 35 heavy (non-hydrogen) atoms. The molecule has 3 rings (SSSR count). The van der Waals surface area contributed by atoms with Crippen molar-refractivity contribution in [1.29, 1.82) is 0 Å². The van der Waals surface area contributed by atoms with Crippen molar-refractivity contribution in [3.63, 3.8) is 0 Å². The maximum atomic E-state index is 13.1. The van der Waals surface area contributed by atoms with Crippen LogP contribution in [0.25, 0.3) is 10.6 Å². The van der Waals surface area contributed by atoms with Crippen LogP contribution in [0.15, 0.2) is 42.5 Å². The molecule has 1 heterocycles. The molecule has 0 atom stereocenters. The summed E-state index contributed by atoms with van der Waals surface area (Å²) < 4.78 is 15.8. The summed E-state index contributed by atoms with van der Waals surface area (Å²) in [5.41, 5.74) is 1.15. The van der Waals surface area contributed by atoms with Crippen molar-refractivity contribution in [3.8, 4) is 22.1 Å². The number of nitrogens with zero attached hydrogens (tertiary/aromatic N) is 1. The molecular formula is C26H28N2O6S. The second kappa shape index (κ2) is 10.7. The molecule has 1 amide bonds. The summed E-state index contributed by atoms with van der Waals surface area (Å²) in [7, 11) is 3.11. The summed E-state index contributed by atoms with van der Waals surface area (Å²) in [4.78, 5) is 42.8. The first-order chi connectivity index (χ1) is 16.5. The van der Waals surface area contributed by atoms with Gasteiger partial charge in [0.05, 0.1) is 31.2 Å². The van der Waals surface area contributed by atoms with E-state index in [4.69, 9.17) is 14.2 Å². The summed E-state index contributed by atoms with van der Waals surface area (Å²) in [5.74, 6) is -0.143. The average molecular weight is 497 g/mol. The number of aromatic nitrogens is 1. The van der Waals surface area contributed by atoms with E-state index in [0.29, 0.717) is 27.1 Å². The first-order valence-electron chi connectivity index (χ1n) is 10.9. The number of carbonyl (C=O) groups is 3. The van der Waals surface area contributed by atoms with Crippen molar-refractivity contribution in [3.05, 3.63) is 58.6 Å². The first-order valence-corrected chi connectivity index (χ1v) is 11.7. The van der Waals surface area contributed by atoms with Gasteiger partial charge in [0.25, 0.3) is 5.91 Å². The van der Waals surface area contributed by atoms with E-state index in [-0.39, 0.29) is 23.6 Å². The minimum absolute atomic E-state index is 0.157. The summed E-state index contributed by atoms with van der Waals surface area (Å²) in [6, 6.07) is 11.9. The van der Waals surface area contributed by atoms with Gasteiger partial charge < -0.3 is 19.5 Å². The number of esters is 1. The van der Waals surface area contributed by atoms with Crippen LogP contribution in [0.5, 0.6) is 11.5 Å². The van der Waals surface area contributed by atoms with Crippen LogP contribution in [0, 0.1) is 12.3 Å². The number of aryl methyl sites for hydroxylation is 1. The smallest absolute Gasteiger partial charge is 0.340 e. The van der Waals surface area contributed by atoms with Crippen molar-refractivity contribution >= 4 is 34.7 Å². The molecule has 0 aliphatic heterocycles. The van der Waals surface area contributed by atoms with Gasteiger partial charge in [0.1, 0.15) is 9.88 Å². The number of ketones is 1. The van der Waals surface area contributed by atoms with Crippen LogP contribution in [0.2, 0.25) is 0 Å². The molecule has 0 bridgehead atoms. The van der Waals surface area contributed by atoms with Gasteiger partial charge in [-0.15, -0.1) is 11.3 Å². The number of Topliss-reactive ketones (excluding diaryl/α,β-unsaturated/α-hetero) is 1. The normalized spacial score (nSPS) is 11.0. The number of carbonyl (C=O) groups excluding carboxylic acids is 3. The van der Waals surface area contributed by atoms with Crippen molar-refractivity contribution < 1.29 is 28.6 Å². The quantitative estimate of drug-likeness (QED) is 0.430. The van der Waals surface area contributed by atoms with E-state index in [1.54, 1.807) is 72.2 Å². The van der Waals surface area contributed by atoms with Gasteiger partial charge in [-0.25, -0.2) is 9.78 Å². The molecule has 3 aromatic rings. The Kier molecular flexibility index (Phi) is 7.91. The molecule has 0 aliphatic carbocycles. The summed E-state index contributed by atoms with van der Waals surface area (Å²) in [6.45, 7) is 6.67. The molecule has 0 saturated heterocycles. The Bertz CT molecular complexity index is 1260. The van der Waals surface area contributed by atoms with Gasteiger partial charge in [0, 0.05) is 11.0 Å². The van der Waals surface area contributed by atoms with Crippen LogP contribution < -0.4 is 14.8 Å². The van der Waals surface area contributed by atoms with Gasteiger partial charge >= 0.3 is 5.97 Å². The van der Waals surface area contributed by atoms with Crippen molar-refractivity contribution in [2.24, 2.45) is 5.41 Å². The van der Waals surface area contributed by atoms with E-state index in [2.05, 4.69) is 10.3 Å². The third-order valence-electron chi connectivity index (χ3n) is 5.20. The fourth-order valence-electron chi connectivity index (χ4n) is 3.07. The minimum atomic E-state index is -0.689. The Labute approximate surface area is 208 Å². The predicted octanol–water partition coefficient (Wildman–Crippen LogP) is 5.16. The molecule has 1 aromatic heterocycles. The molecule has 8 nitrogen and oxygen atoms in total. The Balaban J connectivity index is 1.80. The van der Waals surface area contributed by atoms with Gasteiger partial charge in [-0.3, -0.25) is 9.59 Å². The van der Waals surface area contributed by atoms with E-state index in [0.717, 1.165) is 5.56 Å². The molecule has 0 aliphatic rings. The van der Waals surface area contributed by atoms with Crippen molar-refractivity contribution in [1.82, 2.24) is 4.98 Å². The van der Waals surface area contributed by atoms with E-state index in [1.165, 1.54) is 17.4 Å². The van der Waals surface area contributed by atoms with Crippen LogP contribution in [0.1, 0.15) is 46.5 Å². The molecule has 0 radical (unpaired) electrons. The van der Waals surface area contributed by atoms with Crippen LogP contribution in [0.3, 0.4) is 0 Å². The lowest BCUT2D eigenvalue weighted by molar-refractivity contribution is -0.129. The number of nitrogens with one attached hydrogen (secondary N) is 1. The lowest BCUT2D eigenvalue weighted by atomic mass is 9.91. The van der Waals surface area contributed by atoms with Crippen LogP contribution in [0.4, 0.5) is 5.69 Å². The molecule has 0 fully saturated rings. The van der Waals surface area contributed by atoms with Crippen LogP contribution in [-0.2, 0) is 9.53 Å². The number of thiazole rings is 1. The van der Waals surface area contributed by atoms with Crippen LogP contribution in [-0.4, -0.2) is 43.5 Å². The van der Waals surface area contributed by atoms with Gasteiger partial charge in [-0.2, -0.15) is 0 Å². The third kappa shape index (κ3) is 6.05. The Morgan fingerprint density at radius 2 is 1.69 bits per heavy atom. The molecule has 0 unspecified atom stereocenters. The van der Waals surface area contributed by atoms with E-state index in [9.17, 15) is 14.4 Å². The highest BCUT2D eigenvalue weighted by atomic mass is 32.1. The number of amides is 1. The summed E-state index contributed by atoms with van der Waals surface area (Å²) >= 11 is 1.22. The number of anilines is 1. The zero-order chi connectivity index (χ0) is 25.8.